The van der Waals surface area contributed by atoms with Gasteiger partial charge >= 0.3 is 0 Å². The number of halogens is 2. The quantitative estimate of drug-likeness (QED) is 0.275. The summed E-state index contributed by atoms with van der Waals surface area (Å²) in [5.74, 6) is -0.0109. The molecule has 3 aromatic rings. The summed E-state index contributed by atoms with van der Waals surface area (Å²) in [5.41, 5.74) is 6.40. The zero-order valence-electron chi connectivity index (χ0n) is 29.6. The molecule has 0 bridgehead atoms. The number of anilines is 2. The number of methoxy groups -OCH3 is 1. The molecule has 3 aliphatic heterocycles. The van der Waals surface area contributed by atoms with Crippen LogP contribution in [0.1, 0.15) is 61.6 Å². The lowest BCUT2D eigenvalue weighted by Crippen LogP contribution is -2.47. The van der Waals surface area contributed by atoms with Crippen LogP contribution in [0.2, 0.25) is 5.02 Å². The Hall–Kier alpha value is -4.64. The van der Waals surface area contributed by atoms with Gasteiger partial charge in [-0.1, -0.05) is 23.3 Å². The third-order valence-corrected chi connectivity index (χ3v) is 10.9. The molecule has 3 fully saturated rings. The number of likely N-dealkylation sites (tertiary alicyclic amines) is 1. The molecule has 1 atom stereocenters. The van der Waals surface area contributed by atoms with Crippen LogP contribution in [0.4, 0.5) is 15.8 Å². The van der Waals surface area contributed by atoms with Gasteiger partial charge in [-0.25, -0.2) is 4.39 Å². The van der Waals surface area contributed by atoms with E-state index in [1.54, 1.807) is 30.9 Å². The summed E-state index contributed by atoms with van der Waals surface area (Å²) in [5, 5.41) is 5.90. The van der Waals surface area contributed by atoms with Gasteiger partial charge in [0.1, 0.15) is 17.6 Å². The summed E-state index contributed by atoms with van der Waals surface area (Å²) in [7, 11) is 3.37. The highest BCUT2D eigenvalue weighted by molar-refractivity contribution is 6.32. The summed E-state index contributed by atoms with van der Waals surface area (Å²) in [6.07, 6.45) is 8.10. The van der Waals surface area contributed by atoms with Crippen LogP contribution in [-0.2, 0) is 21.4 Å². The van der Waals surface area contributed by atoms with Crippen LogP contribution in [0.15, 0.2) is 46.9 Å². The molecule has 0 radical (unpaired) electrons. The van der Waals surface area contributed by atoms with E-state index in [0.717, 1.165) is 47.9 Å². The van der Waals surface area contributed by atoms with E-state index in [0.29, 0.717) is 66.7 Å². The second-order valence-electron chi connectivity index (χ2n) is 13.9. The second-order valence-corrected chi connectivity index (χ2v) is 14.3. The van der Waals surface area contributed by atoms with Crippen molar-refractivity contribution in [3.63, 3.8) is 0 Å². The minimum absolute atomic E-state index is 0.0233. The molecule has 0 aliphatic carbocycles. The highest BCUT2D eigenvalue weighted by Gasteiger charge is 2.29. The Morgan fingerprint density at radius 3 is 2.41 bits per heavy atom. The smallest absolute Gasteiger partial charge is 0.253 e. The van der Waals surface area contributed by atoms with Crippen molar-refractivity contribution < 1.29 is 23.5 Å². The van der Waals surface area contributed by atoms with Gasteiger partial charge in [0.25, 0.3) is 5.56 Å². The van der Waals surface area contributed by atoms with Crippen LogP contribution in [0.3, 0.4) is 0 Å². The number of pyridine rings is 1. The Balaban J connectivity index is 1.01. The minimum atomic E-state index is -0.572. The number of aromatic nitrogens is 1. The van der Waals surface area contributed by atoms with E-state index in [1.165, 1.54) is 11.6 Å². The van der Waals surface area contributed by atoms with Gasteiger partial charge in [0.2, 0.25) is 17.7 Å². The van der Waals surface area contributed by atoms with E-state index >= 15 is 4.39 Å². The lowest BCUT2D eigenvalue weighted by Gasteiger charge is -2.35. The summed E-state index contributed by atoms with van der Waals surface area (Å²) >= 11 is 6.84. The van der Waals surface area contributed by atoms with Gasteiger partial charge in [-0.05, 0) is 93.3 Å². The molecule has 3 aliphatic rings. The fourth-order valence-corrected chi connectivity index (χ4v) is 7.62. The van der Waals surface area contributed by atoms with E-state index in [9.17, 15) is 19.2 Å². The van der Waals surface area contributed by atoms with Crippen molar-refractivity contribution in [2.45, 2.75) is 64.8 Å². The maximum absolute atomic E-state index is 15.1. The van der Waals surface area contributed by atoms with Crippen LogP contribution in [0, 0.1) is 25.6 Å². The number of piperidine rings is 3. The van der Waals surface area contributed by atoms with Gasteiger partial charge in [-0.3, -0.25) is 24.5 Å². The normalized spacial score (nSPS) is 18.5. The van der Waals surface area contributed by atoms with Gasteiger partial charge < -0.3 is 24.4 Å². The van der Waals surface area contributed by atoms with Crippen LogP contribution >= 0.6 is 11.6 Å². The first-order valence-electron chi connectivity index (χ1n) is 17.6. The Morgan fingerprint density at radius 1 is 1.02 bits per heavy atom. The predicted molar refractivity (Wildman–Crippen MR) is 198 cm³/mol. The number of hydrogen-bond donors (Lipinski definition) is 2. The summed E-state index contributed by atoms with van der Waals surface area (Å²) < 4.78 is 22.5. The number of ether oxygens (including phenoxy) is 1. The average molecular weight is 718 g/mol. The summed E-state index contributed by atoms with van der Waals surface area (Å²) in [6.45, 7) is 6.37. The number of rotatable bonds is 8. The van der Waals surface area contributed by atoms with E-state index < -0.39 is 11.9 Å². The molecule has 6 rings (SSSR count). The van der Waals surface area contributed by atoms with Gasteiger partial charge in [-0.15, -0.1) is 0 Å². The number of imide groups is 1. The third kappa shape index (κ3) is 7.98. The van der Waals surface area contributed by atoms with Crippen molar-refractivity contribution >= 4 is 46.8 Å². The van der Waals surface area contributed by atoms with Crippen molar-refractivity contribution in [3.05, 3.63) is 80.0 Å². The molecule has 1 aromatic heterocycles. The largest absolute Gasteiger partial charge is 0.496 e. The molecule has 12 heteroatoms. The van der Waals surface area contributed by atoms with E-state index in [-0.39, 0.29) is 35.5 Å². The highest BCUT2D eigenvalue weighted by atomic mass is 35.5. The van der Waals surface area contributed by atoms with Crippen LogP contribution < -0.4 is 25.8 Å². The highest BCUT2D eigenvalue weighted by Crippen LogP contribution is 2.37. The van der Waals surface area contributed by atoms with Crippen molar-refractivity contribution in [2.24, 2.45) is 13.0 Å². The molecule has 0 saturated carbocycles. The second kappa shape index (κ2) is 15.3. The van der Waals surface area contributed by atoms with Crippen LogP contribution in [-0.4, -0.2) is 66.5 Å². The standard InChI is InChI=1S/C39H45ClFN5O5/c1-23-24(2)39(50)44(3)22-30(23)27-19-31(40)29(35(20-27)51-4)17-25-11-15-46(16-12-25)37(48)18-26-9-13-45(14-10-26)34-7-5-28(21-32(34)41)42-33-6-8-36(47)43-38(33)49/h5,7,17,19-22,26,33,42H,6,8-16,18H2,1-4H3,(H,43,47,49). The number of hydrogen-bond acceptors (Lipinski definition) is 7. The first kappa shape index (κ1) is 36.2. The molecule has 270 valence electrons. The lowest BCUT2D eigenvalue weighted by molar-refractivity contribution is -0.134. The molecule has 3 saturated heterocycles. The Labute approximate surface area is 302 Å². The Morgan fingerprint density at radius 2 is 1.75 bits per heavy atom. The number of carbonyl (C=O) groups is 3. The first-order chi connectivity index (χ1) is 24.4. The summed E-state index contributed by atoms with van der Waals surface area (Å²) in [4.78, 5) is 53.1. The maximum Gasteiger partial charge on any atom is 0.253 e. The van der Waals surface area contributed by atoms with Gasteiger partial charge in [0.05, 0.1) is 17.8 Å². The number of nitrogens with one attached hydrogen (secondary N) is 2. The Kier molecular flexibility index (Phi) is 10.9. The zero-order valence-corrected chi connectivity index (χ0v) is 30.4. The number of nitrogens with zero attached hydrogens (tertiary/aromatic N) is 3. The predicted octanol–water partition coefficient (Wildman–Crippen LogP) is 6.00. The molecular weight excluding hydrogens is 673 g/mol. The molecule has 4 heterocycles. The van der Waals surface area contributed by atoms with Crippen molar-refractivity contribution in [1.82, 2.24) is 14.8 Å². The van der Waals surface area contributed by atoms with Gasteiger partial charge in [-0.2, -0.15) is 0 Å². The fourth-order valence-electron chi connectivity index (χ4n) is 7.36. The monoisotopic (exact) mass is 717 g/mol. The minimum Gasteiger partial charge on any atom is -0.496 e. The zero-order chi connectivity index (χ0) is 36.4. The molecule has 51 heavy (non-hydrogen) atoms. The molecular formula is C39H45ClFN5O5. The molecule has 3 amide bonds. The number of aryl methyl sites for hydroxylation is 1. The van der Waals surface area contributed by atoms with Crippen molar-refractivity contribution in [2.75, 3.05) is 43.5 Å². The maximum atomic E-state index is 15.1. The number of amides is 3. The number of carbonyl (C=O) groups excluding carboxylic acids is 3. The molecule has 1 unspecified atom stereocenters. The summed E-state index contributed by atoms with van der Waals surface area (Å²) in [6, 6.07) is 8.17. The van der Waals surface area contributed by atoms with Crippen molar-refractivity contribution in [1.29, 1.82) is 0 Å². The molecule has 10 nitrogen and oxygen atoms in total. The van der Waals surface area contributed by atoms with Crippen molar-refractivity contribution in [3.8, 4) is 16.9 Å². The lowest BCUT2D eigenvalue weighted by atomic mass is 9.92. The van der Waals surface area contributed by atoms with E-state index in [4.69, 9.17) is 16.3 Å². The molecule has 0 spiro atoms. The van der Waals surface area contributed by atoms with Crippen LogP contribution in [0.5, 0.6) is 5.75 Å². The molecule has 2 aromatic carbocycles. The van der Waals surface area contributed by atoms with Crippen LogP contribution in [0.25, 0.3) is 17.2 Å². The Bertz CT molecular complexity index is 1940. The fraction of sp³-hybridized carbons (Fsp3) is 0.436. The SMILES string of the molecule is COc1cc(-c2cn(C)c(=O)c(C)c2C)cc(Cl)c1C=C1CCN(C(=O)CC2CCN(c3ccc(NC4CCC(=O)NC4=O)cc3F)CC2)CC1. The molecule has 2 N–H and O–H groups in total. The van der Waals surface area contributed by atoms with Gasteiger partial charge in [0, 0.05) is 74.6 Å². The van der Waals surface area contributed by atoms with Gasteiger partial charge in [0.15, 0.2) is 0 Å². The first-order valence-corrected chi connectivity index (χ1v) is 18.0. The third-order valence-electron chi connectivity index (χ3n) is 10.6. The van der Waals surface area contributed by atoms with E-state index in [2.05, 4.69) is 16.7 Å². The topological polar surface area (TPSA) is 113 Å². The van der Waals surface area contributed by atoms with E-state index in [1.807, 2.05) is 42.0 Å². The average Bonchev–Trinajstić information content (AvgIpc) is 3.11. The number of benzene rings is 2.